The molecular weight excluding hydrogens is 354 g/mol. The summed E-state index contributed by atoms with van der Waals surface area (Å²) in [5.41, 5.74) is 2.35. The molecular formula is C19H21NO5S. The number of rotatable bonds is 6. The van der Waals surface area contributed by atoms with Crippen LogP contribution >= 0.6 is 0 Å². The van der Waals surface area contributed by atoms with Crippen molar-refractivity contribution in [3.05, 3.63) is 47.5 Å². The fraction of sp³-hybridized carbons (Fsp3) is 0.316. The van der Waals surface area contributed by atoms with Gasteiger partial charge in [-0.15, -0.1) is 0 Å². The Morgan fingerprint density at radius 1 is 0.962 bits per heavy atom. The number of benzene rings is 2. The highest BCUT2D eigenvalue weighted by Gasteiger charge is 2.24. The lowest BCUT2D eigenvalue weighted by Gasteiger charge is -2.20. The molecule has 2 aromatic rings. The number of hydrogen-bond donors (Lipinski definition) is 0. The van der Waals surface area contributed by atoms with Gasteiger partial charge in [-0.2, -0.15) is 0 Å². The molecule has 0 amide bonds. The van der Waals surface area contributed by atoms with E-state index in [4.69, 9.17) is 14.2 Å². The Hall–Kier alpha value is -2.54. The first kappa shape index (κ1) is 18.3. The molecule has 1 aliphatic rings. The average molecular weight is 375 g/mol. The molecule has 3 rings (SSSR count). The Morgan fingerprint density at radius 3 is 2.23 bits per heavy atom. The van der Waals surface area contributed by atoms with E-state index in [1.807, 2.05) is 6.07 Å². The number of hydrogen-bond acceptors (Lipinski definition) is 6. The minimum Gasteiger partial charge on any atom is -0.497 e. The van der Waals surface area contributed by atoms with Gasteiger partial charge in [0, 0.05) is 12.1 Å². The molecule has 0 atom stereocenters. The van der Waals surface area contributed by atoms with E-state index in [-0.39, 0.29) is 10.6 Å². The van der Waals surface area contributed by atoms with Gasteiger partial charge in [0.1, 0.15) is 5.75 Å². The van der Waals surface area contributed by atoms with Gasteiger partial charge in [0.25, 0.3) is 0 Å². The van der Waals surface area contributed by atoms with Crippen LogP contribution in [-0.4, -0.2) is 47.8 Å². The second-order valence-corrected chi connectivity index (χ2v) is 7.87. The molecule has 0 fully saturated rings. The van der Waals surface area contributed by atoms with Gasteiger partial charge in [-0.1, -0.05) is 0 Å². The fourth-order valence-corrected chi connectivity index (χ4v) is 4.29. The molecule has 7 heteroatoms. The molecule has 2 aromatic carbocycles. The van der Waals surface area contributed by atoms with Gasteiger partial charge in [-0.3, -0.25) is 4.99 Å². The van der Waals surface area contributed by atoms with E-state index < -0.39 is 9.84 Å². The van der Waals surface area contributed by atoms with E-state index >= 15 is 0 Å². The minimum absolute atomic E-state index is 0.165. The smallest absolute Gasteiger partial charge is 0.184 e. The summed E-state index contributed by atoms with van der Waals surface area (Å²) >= 11 is 0. The Kier molecular flexibility index (Phi) is 5.18. The second kappa shape index (κ2) is 7.37. The number of nitrogens with zero attached hydrogens (tertiary/aromatic N) is 1. The first-order chi connectivity index (χ1) is 12.5. The van der Waals surface area contributed by atoms with Gasteiger partial charge in [0.15, 0.2) is 21.3 Å². The molecule has 0 aromatic heterocycles. The Morgan fingerprint density at radius 2 is 1.62 bits per heavy atom. The summed E-state index contributed by atoms with van der Waals surface area (Å²) in [6.45, 7) is 0.552. The molecule has 6 nitrogen and oxygen atoms in total. The van der Waals surface area contributed by atoms with Crippen molar-refractivity contribution in [2.45, 2.75) is 11.3 Å². The van der Waals surface area contributed by atoms with Gasteiger partial charge in [0.2, 0.25) is 0 Å². The molecule has 0 aliphatic carbocycles. The highest BCUT2D eigenvalue weighted by atomic mass is 32.2. The standard InChI is InChI=1S/C19H21NO5S/c1-23-14-4-6-15(7-5-14)26(21,22)12-17-16-11-19(25-3)18(24-2)10-13(16)8-9-20-17/h4-7,10-11H,8-9,12H2,1-3H3. The number of aliphatic imine (C=N–C) groups is 1. The minimum atomic E-state index is -3.52. The molecule has 0 bridgehead atoms. The van der Waals surface area contributed by atoms with Gasteiger partial charge in [0.05, 0.1) is 37.7 Å². The summed E-state index contributed by atoms with van der Waals surface area (Å²) < 4.78 is 41.4. The zero-order valence-corrected chi connectivity index (χ0v) is 15.8. The number of methoxy groups -OCH3 is 3. The maximum Gasteiger partial charge on any atom is 0.184 e. The summed E-state index contributed by atoms with van der Waals surface area (Å²) in [6.07, 6.45) is 0.738. The van der Waals surface area contributed by atoms with E-state index in [0.717, 1.165) is 17.5 Å². The third kappa shape index (κ3) is 3.53. The van der Waals surface area contributed by atoms with Gasteiger partial charge < -0.3 is 14.2 Å². The first-order valence-corrected chi connectivity index (χ1v) is 9.79. The molecule has 0 unspecified atom stereocenters. The third-order valence-electron chi connectivity index (χ3n) is 4.35. The molecule has 0 saturated carbocycles. The van der Waals surface area contributed by atoms with E-state index in [1.54, 1.807) is 51.7 Å². The predicted molar refractivity (Wildman–Crippen MR) is 99.7 cm³/mol. The number of ether oxygens (including phenoxy) is 3. The third-order valence-corrected chi connectivity index (χ3v) is 5.99. The van der Waals surface area contributed by atoms with Crippen LogP contribution in [0.25, 0.3) is 0 Å². The van der Waals surface area contributed by atoms with Crippen LogP contribution in [0.5, 0.6) is 17.2 Å². The Balaban J connectivity index is 1.94. The van der Waals surface area contributed by atoms with Crippen molar-refractivity contribution in [3.8, 4) is 17.2 Å². The van der Waals surface area contributed by atoms with Gasteiger partial charge in [-0.05, 0) is 48.4 Å². The van der Waals surface area contributed by atoms with E-state index in [0.29, 0.717) is 29.5 Å². The van der Waals surface area contributed by atoms with Crippen LogP contribution in [0.1, 0.15) is 11.1 Å². The SMILES string of the molecule is COc1ccc(S(=O)(=O)CC2=NCCc3cc(OC)c(OC)cc32)cc1. The highest BCUT2D eigenvalue weighted by Crippen LogP contribution is 2.33. The molecule has 0 saturated heterocycles. The fourth-order valence-electron chi connectivity index (χ4n) is 2.96. The zero-order chi connectivity index (χ0) is 18.7. The largest absolute Gasteiger partial charge is 0.497 e. The summed E-state index contributed by atoms with van der Waals surface area (Å²) in [7, 11) is 1.15. The average Bonchev–Trinajstić information content (AvgIpc) is 2.67. The van der Waals surface area contributed by atoms with E-state index in [2.05, 4.69) is 4.99 Å². The topological polar surface area (TPSA) is 74.2 Å². The molecule has 26 heavy (non-hydrogen) atoms. The van der Waals surface area contributed by atoms with Crippen LogP contribution in [0.4, 0.5) is 0 Å². The molecule has 138 valence electrons. The summed E-state index contributed by atoms with van der Waals surface area (Å²) in [5, 5.41) is 0. The van der Waals surface area contributed by atoms with Crippen LogP contribution in [0.2, 0.25) is 0 Å². The van der Waals surface area contributed by atoms with Crippen molar-refractivity contribution in [3.63, 3.8) is 0 Å². The quantitative estimate of drug-likeness (QED) is 0.776. The van der Waals surface area contributed by atoms with Crippen LogP contribution in [-0.2, 0) is 16.3 Å². The normalized spacial score (nSPS) is 13.6. The predicted octanol–water partition coefficient (Wildman–Crippen LogP) is 2.53. The summed E-state index contributed by atoms with van der Waals surface area (Å²) in [6, 6.07) is 10.1. The second-order valence-electron chi connectivity index (χ2n) is 5.88. The van der Waals surface area contributed by atoms with E-state index in [1.165, 1.54) is 0 Å². The summed E-state index contributed by atoms with van der Waals surface area (Å²) in [5.74, 6) is 1.64. The maximum atomic E-state index is 12.8. The van der Waals surface area contributed by atoms with Crippen molar-refractivity contribution in [2.24, 2.45) is 4.99 Å². The van der Waals surface area contributed by atoms with Crippen LogP contribution < -0.4 is 14.2 Å². The molecule has 0 radical (unpaired) electrons. The lowest BCUT2D eigenvalue weighted by atomic mass is 9.97. The van der Waals surface area contributed by atoms with Crippen molar-refractivity contribution < 1.29 is 22.6 Å². The van der Waals surface area contributed by atoms with Crippen molar-refractivity contribution >= 4 is 15.5 Å². The lowest BCUT2D eigenvalue weighted by Crippen LogP contribution is -2.22. The van der Waals surface area contributed by atoms with Gasteiger partial charge in [-0.25, -0.2) is 8.42 Å². The van der Waals surface area contributed by atoms with Crippen molar-refractivity contribution in [2.75, 3.05) is 33.6 Å². The molecule has 0 N–H and O–H groups in total. The Labute approximate surface area is 153 Å². The molecule has 1 aliphatic heterocycles. The first-order valence-electron chi connectivity index (χ1n) is 8.14. The van der Waals surface area contributed by atoms with E-state index in [9.17, 15) is 8.42 Å². The van der Waals surface area contributed by atoms with Crippen molar-refractivity contribution in [1.29, 1.82) is 0 Å². The molecule has 1 heterocycles. The monoisotopic (exact) mass is 375 g/mol. The highest BCUT2D eigenvalue weighted by molar-refractivity contribution is 7.92. The van der Waals surface area contributed by atoms with Crippen LogP contribution in [0.3, 0.4) is 0 Å². The van der Waals surface area contributed by atoms with Crippen LogP contribution in [0.15, 0.2) is 46.3 Å². The van der Waals surface area contributed by atoms with Gasteiger partial charge >= 0.3 is 0 Å². The number of fused-ring (bicyclic) bond motifs is 1. The Bertz CT molecular complexity index is 933. The maximum absolute atomic E-state index is 12.8. The number of sulfone groups is 1. The van der Waals surface area contributed by atoms with Crippen LogP contribution in [0, 0.1) is 0 Å². The van der Waals surface area contributed by atoms with Crippen molar-refractivity contribution in [1.82, 2.24) is 0 Å². The summed E-state index contributed by atoms with van der Waals surface area (Å²) in [4.78, 5) is 4.71. The lowest BCUT2D eigenvalue weighted by molar-refractivity contribution is 0.354. The zero-order valence-electron chi connectivity index (χ0n) is 15.0. The molecule has 0 spiro atoms.